The zero-order chi connectivity index (χ0) is 14.0. The highest BCUT2D eigenvalue weighted by Crippen LogP contribution is 2.40. The van der Waals surface area contributed by atoms with Crippen LogP contribution in [-0.4, -0.2) is 30.7 Å². The molecule has 4 nitrogen and oxygen atoms in total. The van der Waals surface area contributed by atoms with E-state index in [2.05, 4.69) is 5.32 Å². The quantitative estimate of drug-likeness (QED) is 0.531. The van der Waals surface area contributed by atoms with Crippen LogP contribution in [0.3, 0.4) is 0 Å². The van der Waals surface area contributed by atoms with Gasteiger partial charge in [0.25, 0.3) is 0 Å². The molecule has 1 fully saturated rings. The van der Waals surface area contributed by atoms with Gasteiger partial charge in [0.15, 0.2) is 0 Å². The lowest BCUT2D eigenvalue weighted by Crippen LogP contribution is -2.36. The molecule has 0 saturated heterocycles. The first-order chi connectivity index (χ1) is 9.22. The first kappa shape index (κ1) is 16.4. The van der Waals surface area contributed by atoms with Crippen LogP contribution >= 0.6 is 0 Å². The summed E-state index contributed by atoms with van der Waals surface area (Å²) >= 11 is 0. The van der Waals surface area contributed by atoms with Gasteiger partial charge in [-0.2, -0.15) is 0 Å². The van der Waals surface area contributed by atoms with Crippen LogP contribution in [0.25, 0.3) is 0 Å². The lowest BCUT2D eigenvalue weighted by Gasteiger charge is -2.28. The number of carbonyl (C=O) groups excluding carboxylic acids is 1. The number of hydrogen-bond donors (Lipinski definition) is 3. The maximum Gasteiger partial charge on any atom is 0.220 e. The molecule has 0 radical (unpaired) electrons. The number of hydrogen-bond acceptors (Lipinski definition) is 3. The Balaban J connectivity index is 2.14. The summed E-state index contributed by atoms with van der Waals surface area (Å²) in [6.45, 7) is 1.72. The van der Waals surface area contributed by atoms with Gasteiger partial charge in [-0.25, -0.2) is 0 Å². The minimum atomic E-state index is 0.164. The summed E-state index contributed by atoms with van der Waals surface area (Å²) in [6.07, 6.45) is 10.4. The number of unbranched alkanes of at least 4 members (excludes halogenated alkanes) is 3. The number of amides is 1. The summed E-state index contributed by atoms with van der Waals surface area (Å²) in [5.41, 5.74) is 5.60. The number of aliphatic hydroxyl groups excluding tert-OH is 1. The molecule has 0 heterocycles. The lowest BCUT2D eigenvalue weighted by molar-refractivity contribution is -0.121. The zero-order valence-corrected chi connectivity index (χ0v) is 12.1. The summed E-state index contributed by atoms with van der Waals surface area (Å²) in [4.78, 5) is 11.8. The molecule has 112 valence electrons. The molecule has 0 aliphatic heterocycles. The van der Waals surface area contributed by atoms with Crippen LogP contribution in [0.15, 0.2) is 0 Å². The van der Waals surface area contributed by atoms with E-state index in [1.807, 2.05) is 0 Å². The van der Waals surface area contributed by atoms with Crippen LogP contribution < -0.4 is 11.1 Å². The van der Waals surface area contributed by atoms with Crippen molar-refractivity contribution >= 4 is 5.91 Å². The second-order valence-electron chi connectivity index (χ2n) is 5.91. The van der Waals surface area contributed by atoms with Gasteiger partial charge in [0.2, 0.25) is 5.91 Å². The normalized spacial score (nSPS) is 17.6. The number of aliphatic hydroxyl groups is 1. The van der Waals surface area contributed by atoms with E-state index >= 15 is 0 Å². The number of rotatable bonds is 10. The van der Waals surface area contributed by atoms with Gasteiger partial charge in [-0.15, -0.1) is 0 Å². The van der Waals surface area contributed by atoms with Crippen molar-refractivity contribution in [2.75, 3.05) is 19.7 Å². The maximum absolute atomic E-state index is 11.8. The Bertz CT molecular complexity index is 251. The standard InChI is InChI=1S/C15H30N2O2/c16-11-6-2-1-3-7-14(19)17-13-15(10-12-18)8-4-5-9-15/h18H,1-13,16H2,(H,17,19). The topological polar surface area (TPSA) is 75.4 Å². The molecule has 1 amide bonds. The third-order valence-corrected chi connectivity index (χ3v) is 4.32. The van der Waals surface area contributed by atoms with Crippen molar-refractivity contribution in [1.29, 1.82) is 0 Å². The highest BCUT2D eigenvalue weighted by Gasteiger charge is 2.33. The molecule has 19 heavy (non-hydrogen) atoms. The molecule has 0 spiro atoms. The number of nitrogens with one attached hydrogen (secondary N) is 1. The molecular weight excluding hydrogens is 240 g/mol. The van der Waals surface area contributed by atoms with Gasteiger partial charge < -0.3 is 16.2 Å². The largest absolute Gasteiger partial charge is 0.396 e. The summed E-state index contributed by atoms with van der Waals surface area (Å²) < 4.78 is 0. The van der Waals surface area contributed by atoms with Crippen LogP contribution in [0.5, 0.6) is 0 Å². The van der Waals surface area contributed by atoms with Crippen molar-refractivity contribution in [1.82, 2.24) is 5.32 Å². The molecule has 1 rings (SSSR count). The predicted molar refractivity (Wildman–Crippen MR) is 77.8 cm³/mol. The molecule has 4 heteroatoms. The minimum Gasteiger partial charge on any atom is -0.396 e. The molecule has 1 aliphatic carbocycles. The molecule has 0 unspecified atom stereocenters. The van der Waals surface area contributed by atoms with E-state index in [0.29, 0.717) is 6.42 Å². The van der Waals surface area contributed by atoms with Gasteiger partial charge in [0.1, 0.15) is 0 Å². The van der Waals surface area contributed by atoms with Crippen LogP contribution in [0.2, 0.25) is 0 Å². The van der Waals surface area contributed by atoms with Crippen molar-refractivity contribution < 1.29 is 9.90 Å². The Hall–Kier alpha value is -0.610. The summed E-state index contributed by atoms with van der Waals surface area (Å²) in [6, 6.07) is 0. The third kappa shape index (κ3) is 6.39. The van der Waals surface area contributed by atoms with Crippen LogP contribution in [-0.2, 0) is 4.79 Å². The highest BCUT2D eigenvalue weighted by molar-refractivity contribution is 5.75. The van der Waals surface area contributed by atoms with Crippen LogP contribution in [0, 0.1) is 5.41 Å². The Morgan fingerprint density at radius 2 is 1.84 bits per heavy atom. The zero-order valence-electron chi connectivity index (χ0n) is 12.1. The van der Waals surface area contributed by atoms with Gasteiger partial charge in [-0.1, -0.05) is 25.7 Å². The molecule has 0 bridgehead atoms. The van der Waals surface area contributed by atoms with Crippen molar-refractivity contribution in [3.63, 3.8) is 0 Å². The van der Waals surface area contributed by atoms with Crippen molar-refractivity contribution in [3.8, 4) is 0 Å². The Labute approximate surface area is 117 Å². The summed E-state index contributed by atoms with van der Waals surface area (Å²) in [5, 5.41) is 12.2. The highest BCUT2D eigenvalue weighted by atomic mass is 16.3. The van der Waals surface area contributed by atoms with Crippen LogP contribution in [0.1, 0.15) is 64.2 Å². The van der Waals surface area contributed by atoms with Gasteiger partial charge in [-0.3, -0.25) is 4.79 Å². The second-order valence-corrected chi connectivity index (χ2v) is 5.91. The van der Waals surface area contributed by atoms with E-state index in [9.17, 15) is 4.79 Å². The summed E-state index contributed by atoms with van der Waals surface area (Å²) in [5.74, 6) is 0.164. The van der Waals surface area contributed by atoms with E-state index < -0.39 is 0 Å². The fraction of sp³-hybridized carbons (Fsp3) is 0.933. The predicted octanol–water partition coefficient (Wildman–Crippen LogP) is 1.95. The van der Waals surface area contributed by atoms with E-state index in [4.69, 9.17) is 10.8 Å². The lowest BCUT2D eigenvalue weighted by atomic mass is 9.83. The first-order valence-corrected chi connectivity index (χ1v) is 7.80. The third-order valence-electron chi connectivity index (χ3n) is 4.32. The molecule has 1 aliphatic rings. The minimum absolute atomic E-state index is 0.164. The molecule has 0 aromatic rings. The Morgan fingerprint density at radius 1 is 1.16 bits per heavy atom. The molecule has 4 N–H and O–H groups in total. The molecule has 1 saturated carbocycles. The van der Waals surface area contributed by atoms with E-state index in [1.54, 1.807) is 0 Å². The van der Waals surface area contributed by atoms with Crippen LogP contribution in [0.4, 0.5) is 0 Å². The smallest absolute Gasteiger partial charge is 0.220 e. The SMILES string of the molecule is NCCCCCCC(=O)NCC1(CCO)CCCC1. The fourth-order valence-electron chi connectivity index (χ4n) is 3.04. The maximum atomic E-state index is 11.8. The number of carbonyl (C=O) groups is 1. The van der Waals surface area contributed by atoms with E-state index in [1.165, 1.54) is 12.8 Å². The van der Waals surface area contributed by atoms with E-state index in [-0.39, 0.29) is 17.9 Å². The Morgan fingerprint density at radius 3 is 2.47 bits per heavy atom. The fourth-order valence-corrected chi connectivity index (χ4v) is 3.04. The second kappa shape index (κ2) is 9.32. The van der Waals surface area contributed by atoms with Gasteiger partial charge in [-0.05, 0) is 44.1 Å². The van der Waals surface area contributed by atoms with Gasteiger partial charge in [0, 0.05) is 19.6 Å². The molecular formula is C15H30N2O2. The molecule has 0 aromatic carbocycles. The average molecular weight is 270 g/mol. The molecule has 0 atom stereocenters. The average Bonchev–Trinajstić information content (AvgIpc) is 2.86. The van der Waals surface area contributed by atoms with Crippen molar-refractivity contribution in [3.05, 3.63) is 0 Å². The molecule has 0 aromatic heterocycles. The van der Waals surface area contributed by atoms with Gasteiger partial charge >= 0.3 is 0 Å². The van der Waals surface area contributed by atoms with E-state index in [0.717, 1.165) is 58.0 Å². The number of nitrogens with two attached hydrogens (primary N) is 1. The Kier molecular flexibility index (Phi) is 8.07. The van der Waals surface area contributed by atoms with Crippen molar-refractivity contribution in [2.45, 2.75) is 64.2 Å². The van der Waals surface area contributed by atoms with Gasteiger partial charge in [0.05, 0.1) is 0 Å². The monoisotopic (exact) mass is 270 g/mol. The van der Waals surface area contributed by atoms with Crippen molar-refractivity contribution in [2.24, 2.45) is 11.1 Å². The first-order valence-electron chi connectivity index (χ1n) is 7.80. The summed E-state index contributed by atoms with van der Waals surface area (Å²) in [7, 11) is 0.